The summed E-state index contributed by atoms with van der Waals surface area (Å²) in [6.45, 7) is 7.10. The molecule has 0 spiro atoms. The minimum atomic E-state index is -0.895. The van der Waals surface area contributed by atoms with Crippen LogP contribution in [0.2, 0.25) is 0 Å². The van der Waals surface area contributed by atoms with Crippen molar-refractivity contribution in [2.45, 2.75) is 26.8 Å². The summed E-state index contributed by atoms with van der Waals surface area (Å²) in [7, 11) is 0. The highest BCUT2D eigenvalue weighted by Gasteiger charge is 2.30. The van der Waals surface area contributed by atoms with E-state index in [-0.39, 0.29) is 43.7 Å². The van der Waals surface area contributed by atoms with Crippen LogP contribution in [0.15, 0.2) is 49.1 Å². The van der Waals surface area contributed by atoms with Crippen LogP contribution in [0, 0.1) is 15.9 Å². The van der Waals surface area contributed by atoms with Gasteiger partial charge in [-0.2, -0.15) is 4.98 Å². The average Bonchev–Trinajstić information content (AvgIpc) is 2.78. The molecule has 1 aromatic heterocycles. The molecule has 0 saturated heterocycles. The fourth-order valence-electron chi connectivity index (χ4n) is 2.97. The molecule has 0 aliphatic rings. The first-order valence-electron chi connectivity index (χ1n) is 10.5. The summed E-state index contributed by atoms with van der Waals surface area (Å²) in [6.07, 6.45) is 4.89. The van der Waals surface area contributed by atoms with E-state index < -0.39 is 28.3 Å². The Kier molecular flexibility index (Phi) is 9.81. The Balaban J connectivity index is 2.53. The van der Waals surface area contributed by atoms with Gasteiger partial charge in [0, 0.05) is 12.1 Å². The van der Waals surface area contributed by atoms with Gasteiger partial charge in [0.15, 0.2) is 0 Å². The van der Waals surface area contributed by atoms with Crippen LogP contribution >= 0.6 is 0 Å². The molecule has 2 aromatic rings. The Bertz CT molecular complexity index is 1060. The molecule has 1 heterocycles. The van der Waals surface area contributed by atoms with Crippen molar-refractivity contribution in [1.29, 1.82) is 0 Å². The number of pyridine rings is 1. The first-order valence-corrected chi connectivity index (χ1v) is 10.5. The van der Waals surface area contributed by atoms with E-state index in [9.17, 15) is 19.3 Å². The van der Waals surface area contributed by atoms with Crippen molar-refractivity contribution in [3.63, 3.8) is 0 Å². The molecule has 0 fully saturated rings. The zero-order chi connectivity index (χ0) is 25.1. The van der Waals surface area contributed by atoms with Gasteiger partial charge in [0.25, 0.3) is 0 Å². The Hall–Kier alpha value is -4.15. The third-order valence-corrected chi connectivity index (χ3v) is 4.35. The zero-order valence-electron chi connectivity index (χ0n) is 19.0. The Morgan fingerprint density at radius 3 is 2.74 bits per heavy atom. The standard InChI is InChI=1S/C23H27FN4O6/c1-4-7-8-10-34-20-14-19(21(28(30)31)22(25)26-20)27(23(29)32-6-3)15-16-11-17(24)13-18(12-16)33-9-5-2/h4-5,7,11-14H,2,6,8-10,15H2,1,3H3,(H2,25,26)/b7-4+. The van der Waals surface area contributed by atoms with Gasteiger partial charge in [0.1, 0.15) is 23.9 Å². The first-order chi connectivity index (χ1) is 16.3. The molecule has 11 heteroatoms. The summed E-state index contributed by atoms with van der Waals surface area (Å²) in [4.78, 5) is 28.8. The normalized spacial score (nSPS) is 10.7. The second kappa shape index (κ2) is 12.8. The van der Waals surface area contributed by atoms with Crippen LogP contribution in [0.1, 0.15) is 25.8 Å². The number of carbonyl (C=O) groups excluding carboxylic acids is 1. The van der Waals surface area contributed by atoms with Crippen LogP contribution in [0.25, 0.3) is 0 Å². The molecule has 2 N–H and O–H groups in total. The highest BCUT2D eigenvalue weighted by atomic mass is 19.1. The van der Waals surface area contributed by atoms with Crippen LogP contribution in [0.3, 0.4) is 0 Å². The molecule has 34 heavy (non-hydrogen) atoms. The molecular weight excluding hydrogens is 447 g/mol. The quantitative estimate of drug-likeness (QED) is 0.201. The van der Waals surface area contributed by atoms with Crippen LogP contribution in [-0.4, -0.2) is 35.8 Å². The SMILES string of the molecule is C=CCOc1cc(F)cc(CN(C(=O)OCC)c2cc(OCC/C=C/C)nc(N)c2[N+](=O)[O-])c1. The predicted molar refractivity (Wildman–Crippen MR) is 126 cm³/mol. The second-order valence-electron chi connectivity index (χ2n) is 6.86. The van der Waals surface area contributed by atoms with Crippen LogP contribution in [0.5, 0.6) is 11.6 Å². The van der Waals surface area contributed by atoms with E-state index in [1.165, 1.54) is 30.3 Å². The first kappa shape index (κ1) is 26.1. The molecule has 0 aliphatic carbocycles. The minimum Gasteiger partial charge on any atom is -0.489 e. The molecule has 1 amide bonds. The Morgan fingerprint density at radius 1 is 1.32 bits per heavy atom. The van der Waals surface area contributed by atoms with E-state index in [0.717, 1.165) is 4.90 Å². The Labute approximate surface area is 196 Å². The number of ether oxygens (including phenoxy) is 3. The molecule has 0 unspecified atom stereocenters. The number of amides is 1. The number of benzene rings is 1. The van der Waals surface area contributed by atoms with E-state index in [1.807, 2.05) is 19.1 Å². The summed E-state index contributed by atoms with van der Waals surface area (Å²) in [6, 6.07) is 5.09. The fraction of sp³-hybridized carbons (Fsp3) is 0.304. The van der Waals surface area contributed by atoms with Gasteiger partial charge < -0.3 is 19.9 Å². The molecule has 0 atom stereocenters. The van der Waals surface area contributed by atoms with Crippen molar-refractivity contribution in [2.75, 3.05) is 30.5 Å². The largest absolute Gasteiger partial charge is 0.489 e. The maximum absolute atomic E-state index is 14.2. The molecule has 2 rings (SSSR count). The molecule has 0 bridgehead atoms. The lowest BCUT2D eigenvalue weighted by molar-refractivity contribution is -0.383. The van der Waals surface area contributed by atoms with Gasteiger partial charge in [-0.25, -0.2) is 9.18 Å². The van der Waals surface area contributed by atoms with Gasteiger partial charge in [0.2, 0.25) is 11.7 Å². The summed E-state index contributed by atoms with van der Waals surface area (Å²) < 4.78 is 30.2. The van der Waals surface area contributed by atoms with Crippen molar-refractivity contribution in [3.05, 3.63) is 70.6 Å². The maximum atomic E-state index is 14.2. The number of nitrogens with two attached hydrogens (primary N) is 1. The highest BCUT2D eigenvalue weighted by Crippen LogP contribution is 2.37. The van der Waals surface area contributed by atoms with E-state index in [1.54, 1.807) is 6.92 Å². The minimum absolute atomic E-state index is 0.00720. The third-order valence-electron chi connectivity index (χ3n) is 4.35. The van der Waals surface area contributed by atoms with Crippen molar-refractivity contribution in [2.24, 2.45) is 0 Å². The lowest BCUT2D eigenvalue weighted by Gasteiger charge is -2.23. The summed E-state index contributed by atoms with van der Waals surface area (Å²) in [5, 5.41) is 11.8. The fourth-order valence-corrected chi connectivity index (χ4v) is 2.97. The van der Waals surface area contributed by atoms with Crippen molar-refractivity contribution >= 4 is 23.3 Å². The number of hydrogen-bond acceptors (Lipinski definition) is 8. The van der Waals surface area contributed by atoms with Crippen LogP contribution in [-0.2, 0) is 11.3 Å². The highest BCUT2D eigenvalue weighted by molar-refractivity contribution is 5.92. The molecule has 0 radical (unpaired) electrons. The van der Waals surface area contributed by atoms with Crippen molar-refractivity contribution in [3.8, 4) is 11.6 Å². The summed E-state index contributed by atoms with van der Waals surface area (Å²) >= 11 is 0. The van der Waals surface area contributed by atoms with Gasteiger partial charge in [-0.1, -0.05) is 24.8 Å². The van der Waals surface area contributed by atoms with E-state index in [0.29, 0.717) is 12.0 Å². The van der Waals surface area contributed by atoms with Gasteiger partial charge in [0.05, 0.1) is 24.7 Å². The Morgan fingerprint density at radius 2 is 2.09 bits per heavy atom. The van der Waals surface area contributed by atoms with Crippen molar-refractivity contribution < 1.29 is 28.3 Å². The number of rotatable bonds is 12. The van der Waals surface area contributed by atoms with Crippen molar-refractivity contribution in [1.82, 2.24) is 4.98 Å². The lowest BCUT2D eigenvalue weighted by Crippen LogP contribution is -2.32. The molecule has 0 aliphatic heterocycles. The number of allylic oxidation sites excluding steroid dienone is 1. The topological polar surface area (TPSA) is 130 Å². The number of anilines is 2. The number of nitrogen functional groups attached to an aromatic ring is 1. The number of halogens is 1. The monoisotopic (exact) mass is 474 g/mol. The number of nitrogens with zero attached hydrogens (tertiary/aromatic N) is 3. The van der Waals surface area contributed by atoms with Gasteiger partial charge in [-0.15, -0.1) is 0 Å². The van der Waals surface area contributed by atoms with Crippen LogP contribution in [0.4, 0.5) is 26.4 Å². The van der Waals surface area contributed by atoms with E-state index in [4.69, 9.17) is 19.9 Å². The number of nitro groups is 1. The third kappa shape index (κ3) is 7.19. The van der Waals surface area contributed by atoms with E-state index >= 15 is 0 Å². The average molecular weight is 474 g/mol. The molecule has 10 nitrogen and oxygen atoms in total. The number of hydrogen-bond donors (Lipinski definition) is 1. The van der Waals surface area contributed by atoms with Gasteiger partial charge in [-0.05, 0) is 38.0 Å². The molecule has 0 saturated carbocycles. The van der Waals surface area contributed by atoms with Gasteiger partial charge >= 0.3 is 11.8 Å². The second-order valence-corrected chi connectivity index (χ2v) is 6.86. The van der Waals surface area contributed by atoms with Crippen LogP contribution < -0.4 is 20.1 Å². The lowest BCUT2D eigenvalue weighted by atomic mass is 10.1. The smallest absolute Gasteiger partial charge is 0.414 e. The number of aromatic nitrogens is 1. The summed E-state index contributed by atoms with van der Waals surface area (Å²) in [5.41, 5.74) is 5.34. The van der Waals surface area contributed by atoms with Gasteiger partial charge in [-0.3, -0.25) is 15.0 Å². The molecule has 1 aromatic carbocycles. The van der Waals surface area contributed by atoms with E-state index in [2.05, 4.69) is 11.6 Å². The summed E-state index contributed by atoms with van der Waals surface area (Å²) in [5.74, 6) is -0.856. The predicted octanol–water partition coefficient (Wildman–Crippen LogP) is 4.78. The molecule has 182 valence electrons. The number of carbonyl (C=O) groups is 1. The maximum Gasteiger partial charge on any atom is 0.414 e. The zero-order valence-corrected chi connectivity index (χ0v) is 19.0. The molecular formula is C23H27FN4O6.